The Balaban J connectivity index is 1.79. The molecule has 2 aliphatic rings. The van der Waals surface area contributed by atoms with Gasteiger partial charge >= 0.3 is 0 Å². The second-order valence-corrected chi connectivity index (χ2v) is 6.02. The summed E-state index contributed by atoms with van der Waals surface area (Å²) >= 11 is 0. The van der Waals surface area contributed by atoms with Crippen LogP contribution in [-0.2, 0) is 4.79 Å². The quantitative estimate of drug-likeness (QED) is 0.837. The molecule has 2 unspecified atom stereocenters. The zero-order chi connectivity index (χ0) is 13.0. The molecule has 0 radical (unpaired) electrons. The van der Waals surface area contributed by atoms with Gasteiger partial charge in [0.1, 0.15) is 0 Å². The highest BCUT2D eigenvalue weighted by molar-refractivity contribution is 5.76. The summed E-state index contributed by atoms with van der Waals surface area (Å²) in [5.74, 6) is 1.12. The first-order valence-electron chi connectivity index (χ1n) is 7.68. The molecule has 0 aromatic carbocycles. The lowest BCUT2D eigenvalue weighted by Gasteiger charge is -2.37. The van der Waals surface area contributed by atoms with Gasteiger partial charge in [-0.15, -0.1) is 0 Å². The van der Waals surface area contributed by atoms with Crippen molar-refractivity contribution in [1.29, 1.82) is 0 Å². The average Bonchev–Trinajstić information content (AvgIpc) is 2.88. The number of nitrogens with zero attached hydrogens (tertiary/aromatic N) is 1. The van der Waals surface area contributed by atoms with Crippen LogP contribution in [0.4, 0.5) is 0 Å². The van der Waals surface area contributed by atoms with Crippen LogP contribution in [-0.4, -0.2) is 34.6 Å². The molecule has 3 heteroatoms. The SMILES string of the molecule is CCC1CC(O)CCN1C(=O)CCC1CCCC1. The molecule has 0 bridgehead atoms. The largest absolute Gasteiger partial charge is 0.393 e. The van der Waals surface area contributed by atoms with Crippen LogP contribution in [0.15, 0.2) is 0 Å². The van der Waals surface area contributed by atoms with Gasteiger partial charge in [0.05, 0.1) is 6.10 Å². The minimum atomic E-state index is -0.200. The van der Waals surface area contributed by atoms with Crippen molar-refractivity contribution < 1.29 is 9.90 Å². The van der Waals surface area contributed by atoms with Gasteiger partial charge in [-0.25, -0.2) is 0 Å². The second kappa shape index (κ2) is 6.55. The lowest BCUT2D eigenvalue weighted by Crippen LogP contribution is -2.47. The van der Waals surface area contributed by atoms with Crippen LogP contribution in [0.3, 0.4) is 0 Å². The third kappa shape index (κ3) is 3.47. The molecule has 104 valence electrons. The summed E-state index contributed by atoms with van der Waals surface area (Å²) in [5.41, 5.74) is 0. The number of rotatable bonds is 4. The van der Waals surface area contributed by atoms with Gasteiger partial charge in [-0.1, -0.05) is 32.6 Å². The Kier molecular flexibility index (Phi) is 5.04. The summed E-state index contributed by atoms with van der Waals surface area (Å²) in [4.78, 5) is 14.3. The monoisotopic (exact) mass is 253 g/mol. The first-order chi connectivity index (χ1) is 8.70. The topological polar surface area (TPSA) is 40.5 Å². The highest BCUT2D eigenvalue weighted by atomic mass is 16.3. The molecule has 0 spiro atoms. The third-order valence-electron chi connectivity index (χ3n) is 4.72. The van der Waals surface area contributed by atoms with E-state index in [-0.39, 0.29) is 12.1 Å². The molecular formula is C15H27NO2. The van der Waals surface area contributed by atoms with Crippen molar-refractivity contribution in [3.8, 4) is 0 Å². The molecule has 1 saturated heterocycles. The first-order valence-corrected chi connectivity index (χ1v) is 7.68. The smallest absolute Gasteiger partial charge is 0.222 e. The van der Waals surface area contributed by atoms with Gasteiger partial charge in [-0.3, -0.25) is 4.79 Å². The van der Waals surface area contributed by atoms with Gasteiger partial charge in [0.15, 0.2) is 0 Å². The second-order valence-electron chi connectivity index (χ2n) is 6.02. The highest BCUT2D eigenvalue weighted by Gasteiger charge is 2.29. The Hall–Kier alpha value is -0.570. The Morgan fingerprint density at radius 1 is 1.28 bits per heavy atom. The van der Waals surface area contributed by atoms with E-state index in [1.165, 1.54) is 25.7 Å². The van der Waals surface area contributed by atoms with E-state index < -0.39 is 0 Å². The van der Waals surface area contributed by atoms with Crippen LogP contribution in [0.1, 0.15) is 64.7 Å². The Labute approximate surface area is 111 Å². The van der Waals surface area contributed by atoms with Gasteiger partial charge in [0, 0.05) is 19.0 Å². The average molecular weight is 253 g/mol. The molecule has 1 amide bonds. The predicted molar refractivity (Wildman–Crippen MR) is 72.2 cm³/mol. The van der Waals surface area contributed by atoms with Gasteiger partial charge in [0.2, 0.25) is 5.91 Å². The summed E-state index contributed by atoms with van der Waals surface area (Å²) in [7, 11) is 0. The van der Waals surface area contributed by atoms with Crippen LogP contribution >= 0.6 is 0 Å². The van der Waals surface area contributed by atoms with E-state index in [2.05, 4.69) is 6.92 Å². The lowest BCUT2D eigenvalue weighted by molar-refractivity contribution is -0.137. The standard InChI is InChI=1S/C15H27NO2/c1-2-13-11-14(17)9-10-16(13)15(18)8-7-12-5-3-4-6-12/h12-14,17H,2-11H2,1H3. The van der Waals surface area contributed by atoms with Crippen molar-refractivity contribution in [2.75, 3.05) is 6.54 Å². The molecule has 0 aromatic rings. The van der Waals surface area contributed by atoms with Crippen molar-refractivity contribution in [2.45, 2.75) is 76.9 Å². The van der Waals surface area contributed by atoms with Gasteiger partial charge < -0.3 is 10.0 Å². The maximum absolute atomic E-state index is 12.3. The fourth-order valence-corrected chi connectivity index (χ4v) is 3.52. The van der Waals surface area contributed by atoms with E-state index in [1.807, 2.05) is 4.90 Å². The number of piperidine rings is 1. The Morgan fingerprint density at radius 2 is 2.00 bits per heavy atom. The van der Waals surface area contributed by atoms with E-state index in [0.717, 1.165) is 44.6 Å². The van der Waals surface area contributed by atoms with Crippen LogP contribution in [0.2, 0.25) is 0 Å². The van der Waals surface area contributed by atoms with E-state index in [0.29, 0.717) is 5.91 Å². The number of likely N-dealkylation sites (tertiary alicyclic amines) is 1. The molecule has 2 atom stereocenters. The van der Waals surface area contributed by atoms with Crippen molar-refractivity contribution in [2.24, 2.45) is 5.92 Å². The number of amides is 1. The fourth-order valence-electron chi connectivity index (χ4n) is 3.52. The summed E-state index contributed by atoms with van der Waals surface area (Å²) in [6, 6.07) is 0.268. The molecule has 3 nitrogen and oxygen atoms in total. The van der Waals surface area contributed by atoms with Gasteiger partial charge in [-0.05, 0) is 31.6 Å². The molecule has 2 rings (SSSR count). The van der Waals surface area contributed by atoms with Crippen LogP contribution in [0.25, 0.3) is 0 Å². The van der Waals surface area contributed by atoms with Crippen molar-refractivity contribution in [1.82, 2.24) is 4.90 Å². The lowest BCUT2D eigenvalue weighted by atomic mass is 9.95. The van der Waals surface area contributed by atoms with Crippen molar-refractivity contribution in [3.63, 3.8) is 0 Å². The normalized spacial score (nSPS) is 29.8. The fraction of sp³-hybridized carbons (Fsp3) is 0.933. The molecule has 1 N–H and O–H groups in total. The summed E-state index contributed by atoms with van der Waals surface area (Å²) in [6.07, 6.45) is 9.44. The summed E-state index contributed by atoms with van der Waals surface area (Å²) in [5, 5.41) is 9.67. The number of hydrogen-bond donors (Lipinski definition) is 1. The molecular weight excluding hydrogens is 226 g/mol. The maximum Gasteiger partial charge on any atom is 0.222 e. The molecule has 0 aromatic heterocycles. The van der Waals surface area contributed by atoms with Gasteiger partial charge in [-0.2, -0.15) is 0 Å². The maximum atomic E-state index is 12.3. The molecule has 1 heterocycles. The summed E-state index contributed by atoms with van der Waals surface area (Å²) < 4.78 is 0. The Morgan fingerprint density at radius 3 is 2.67 bits per heavy atom. The molecule has 1 aliphatic carbocycles. The van der Waals surface area contributed by atoms with Crippen molar-refractivity contribution >= 4 is 5.91 Å². The minimum Gasteiger partial charge on any atom is -0.393 e. The first kappa shape index (κ1) is 13.9. The zero-order valence-electron chi connectivity index (χ0n) is 11.6. The van der Waals surface area contributed by atoms with E-state index in [1.54, 1.807) is 0 Å². The van der Waals surface area contributed by atoms with Crippen LogP contribution < -0.4 is 0 Å². The van der Waals surface area contributed by atoms with E-state index in [4.69, 9.17) is 0 Å². The zero-order valence-corrected chi connectivity index (χ0v) is 11.6. The summed E-state index contributed by atoms with van der Waals surface area (Å²) in [6.45, 7) is 2.86. The Bertz CT molecular complexity index is 274. The van der Waals surface area contributed by atoms with Crippen molar-refractivity contribution in [3.05, 3.63) is 0 Å². The predicted octanol–water partition coefficient (Wildman–Crippen LogP) is 2.72. The molecule has 18 heavy (non-hydrogen) atoms. The highest BCUT2D eigenvalue weighted by Crippen LogP contribution is 2.29. The third-order valence-corrected chi connectivity index (χ3v) is 4.72. The van der Waals surface area contributed by atoms with Gasteiger partial charge in [0.25, 0.3) is 0 Å². The number of carbonyl (C=O) groups excluding carboxylic acids is 1. The molecule has 1 saturated carbocycles. The number of carbonyl (C=O) groups is 1. The minimum absolute atomic E-state index is 0.200. The van der Waals surface area contributed by atoms with E-state index in [9.17, 15) is 9.90 Å². The molecule has 1 aliphatic heterocycles. The molecule has 2 fully saturated rings. The number of aliphatic hydroxyl groups excluding tert-OH is 1. The van der Waals surface area contributed by atoms with Crippen LogP contribution in [0, 0.1) is 5.92 Å². The van der Waals surface area contributed by atoms with E-state index >= 15 is 0 Å². The van der Waals surface area contributed by atoms with Crippen LogP contribution in [0.5, 0.6) is 0 Å². The number of hydrogen-bond acceptors (Lipinski definition) is 2. The number of aliphatic hydroxyl groups is 1.